The number of aromatic amines is 1. The fraction of sp³-hybridized carbons (Fsp3) is 0.353. The molecule has 4 rings (SSSR count). The molecule has 0 bridgehead atoms. The Morgan fingerprint density at radius 1 is 1.17 bits per heavy atom. The molecule has 1 saturated heterocycles. The summed E-state index contributed by atoms with van der Waals surface area (Å²) in [5.74, 6) is 1.78. The Kier molecular flexibility index (Phi) is 4.32. The van der Waals surface area contributed by atoms with E-state index in [2.05, 4.69) is 25.3 Å². The molecule has 0 atom stereocenters. The molecule has 0 radical (unpaired) electrons. The molecule has 1 N–H and O–H groups in total. The van der Waals surface area contributed by atoms with Crippen LogP contribution in [0.4, 0.5) is 0 Å². The molecule has 0 amide bonds. The summed E-state index contributed by atoms with van der Waals surface area (Å²) in [6.45, 7) is 2.74. The number of piperidine rings is 1. The van der Waals surface area contributed by atoms with Gasteiger partial charge in [-0.2, -0.15) is 5.10 Å². The lowest BCUT2D eigenvalue weighted by Crippen LogP contribution is -2.32. The summed E-state index contributed by atoms with van der Waals surface area (Å²) in [5.41, 5.74) is 2.19. The fourth-order valence-electron chi connectivity index (χ4n) is 3.13. The highest BCUT2D eigenvalue weighted by Crippen LogP contribution is 2.28. The highest BCUT2D eigenvalue weighted by atomic mass is 35.5. The van der Waals surface area contributed by atoms with E-state index < -0.39 is 0 Å². The third kappa shape index (κ3) is 3.34. The van der Waals surface area contributed by atoms with Crippen LogP contribution in [0.25, 0.3) is 11.5 Å². The first kappa shape index (κ1) is 15.4. The van der Waals surface area contributed by atoms with E-state index in [0.29, 0.717) is 29.3 Å². The van der Waals surface area contributed by atoms with Crippen molar-refractivity contribution in [2.24, 2.45) is 0 Å². The summed E-state index contributed by atoms with van der Waals surface area (Å²) < 4.78 is 5.79. The summed E-state index contributed by atoms with van der Waals surface area (Å²) in [4.78, 5) is 2.36. The molecular formula is C17H18ClN5O. The summed E-state index contributed by atoms with van der Waals surface area (Å²) in [6, 6.07) is 7.41. The van der Waals surface area contributed by atoms with Gasteiger partial charge in [0.2, 0.25) is 11.8 Å². The van der Waals surface area contributed by atoms with Crippen LogP contribution in [-0.4, -0.2) is 38.4 Å². The third-order valence-corrected chi connectivity index (χ3v) is 4.75. The van der Waals surface area contributed by atoms with Gasteiger partial charge in [0.25, 0.3) is 0 Å². The van der Waals surface area contributed by atoms with Gasteiger partial charge >= 0.3 is 0 Å². The number of nitrogens with zero attached hydrogens (tertiary/aromatic N) is 4. The van der Waals surface area contributed by atoms with Crippen molar-refractivity contribution in [2.45, 2.75) is 25.3 Å². The van der Waals surface area contributed by atoms with Crippen LogP contribution in [0.3, 0.4) is 0 Å². The molecule has 24 heavy (non-hydrogen) atoms. The van der Waals surface area contributed by atoms with Gasteiger partial charge in [-0.1, -0.05) is 11.6 Å². The van der Waals surface area contributed by atoms with E-state index in [-0.39, 0.29) is 0 Å². The largest absolute Gasteiger partial charge is 0.419 e. The van der Waals surface area contributed by atoms with E-state index in [1.165, 1.54) is 5.56 Å². The lowest BCUT2D eigenvalue weighted by atomic mass is 9.92. The molecule has 1 aliphatic heterocycles. The zero-order valence-electron chi connectivity index (χ0n) is 13.2. The monoisotopic (exact) mass is 343 g/mol. The Labute approximate surface area is 144 Å². The zero-order valence-corrected chi connectivity index (χ0v) is 13.9. The number of aromatic nitrogens is 4. The molecule has 0 saturated carbocycles. The molecule has 0 unspecified atom stereocenters. The molecular weight excluding hydrogens is 326 g/mol. The predicted molar refractivity (Wildman–Crippen MR) is 90.6 cm³/mol. The number of benzene rings is 1. The van der Waals surface area contributed by atoms with E-state index in [4.69, 9.17) is 16.0 Å². The summed E-state index contributed by atoms with van der Waals surface area (Å²) >= 11 is 5.90. The Hall–Kier alpha value is -2.18. The van der Waals surface area contributed by atoms with Crippen LogP contribution in [0.2, 0.25) is 5.02 Å². The van der Waals surface area contributed by atoms with E-state index in [0.717, 1.165) is 31.5 Å². The van der Waals surface area contributed by atoms with Crippen LogP contribution in [0.5, 0.6) is 0 Å². The van der Waals surface area contributed by atoms with Crippen molar-refractivity contribution in [1.82, 2.24) is 25.3 Å². The molecule has 124 valence electrons. The number of hydrogen-bond donors (Lipinski definition) is 1. The molecule has 1 aliphatic rings. The van der Waals surface area contributed by atoms with Crippen molar-refractivity contribution in [3.8, 4) is 11.5 Å². The number of likely N-dealkylation sites (tertiary alicyclic amines) is 1. The van der Waals surface area contributed by atoms with Gasteiger partial charge in [0.15, 0.2) is 0 Å². The number of rotatable bonds is 4. The van der Waals surface area contributed by atoms with E-state index in [1.54, 1.807) is 0 Å². The topological polar surface area (TPSA) is 70.8 Å². The van der Waals surface area contributed by atoms with E-state index in [1.807, 2.05) is 36.7 Å². The van der Waals surface area contributed by atoms with Gasteiger partial charge in [-0.05, 0) is 61.7 Å². The zero-order chi connectivity index (χ0) is 16.4. The molecule has 2 aromatic heterocycles. The highest BCUT2D eigenvalue weighted by molar-refractivity contribution is 6.30. The van der Waals surface area contributed by atoms with Gasteiger partial charge < -0.3 is 4.42 Å². The number of nitrogens with one attached hydrogen (secondary N) is 1. The average Bonchev–Trinajstić information content (AvgIpc) is 3.28. The van der Waals surface area contributed by atoms with Crippen LogP contribution in [-0.2, 0) is 6.54 Å². The van der Waals surface area contributed by atoms with Crippen molar-refractivity contribution in [3.63, 3.8) is 0 Å². The predicted octanol–water partition coefficient (Wildman–Crippen LogP) is 3.49. The second kappa shape index (κ2) is 6.75. The van der Waals surface area contributed by atoms with Crippen LogP contribution < -0.4 is 0 Å². The third-order valence-electron chi connectivity index (χ3n) is 4.50. The quantitative estimate of drug-likeness (QED) is 0.785. The second-order valence-electron chi connectivity index (χ2n) is 6.09. The Morgan fingerprint density at radius 2 is 1.96 bits per heavy atom. The molecule has 3 aromatic rings. The molecule has 6 nitrogen and oxygen atoms in total. The molecule has 7 heteroatoms. The fourth-order valence-corrected chi connectivity index (χ4v) is 3.25. The minimum atomic E-state index is 0.537. The first-order valence-corrected chi connectivity index (χ1v) is 8.45. The van der Waals surface area contributed by atoms with Crippen molar-refractivity contribution in [2.75, 3.05) is 13.1 Å². The van der Waals surface area contributed by atoms with E-state index >= 15 is 0 Å². The van der Waals surface area contributed by atoms with Gasteiger partial charge in [0.05, 0.1) is 12.7 Å². The lowest BCUT2D eigenvalue weighted by Gasteiger charge is -2.30. The Morgan fingerprint density at radius 3 is 2.67 bits per heavy atom. The SMILES string of the molecule is Clc1ccc(-c2nnc(CN3CCC(c4cn[nH]c4)CC3)o2)cc1. The van der Waals surface area contributed by atoms with Crippen LogP contribution in [0, 0.1) is 0 Å². The van der Waals surface area contributed by atoms with Crippen molar-refractivity contribution in [3.05, 3.63) is 53.1 Å². The number of halogens is 1. The number of hydrogen-bond acceptors (Lipinski definition) is 5. The van der Waals surface area contributed by atoms with E-state index in [9.17, 15) is 0 Å². The first-order valence-electron chi connectivity index (χ1n) is 8.07. The van der Waals surface area contributed by atoms with Gasteiger partial charge in [-0.15, -0.1) is 10.2 Å². The molecule has 3 heterocycles. The van der Waals surface area contributed by atoms with Gasteiger partial charge in [-0.25, -0.2) is 0 Å². The molecule has 1 fully saturated rings. The smallest absolute Gasteiger partial charge is 0.247 e. The normalized spacial score (nSPS) is 16.5. The standard InChI is InChI=1S/C17H18ClN5O/c18-15-3-1-13(2-4-15)17-22-21-16(24-17)11-23-7-5-12(6-8-23)14-9-19-20-10-14/h1-4,9-10,12H,5-8,11H2,(H,19,20). The van der Waals surface area contributed by atoms with Crippen LogP contribution in [0.1, 0.15) is 30.2 Å². The summed E-state index contributed by atoms with van der Waals surface area (Å²) in [6.07, 6.45) is 6.17. The highest BCUT2D eigenvalue weighted by Gasteiger charge is 2.22. The molecule has 0 spiro atoms. The Balaban J connectivity index is 1.36. The van der Waals surface area contributed by atoms with Crippen molar-refractivity contribution >= 4 is 11.6 Å². The Bertz CT molecular complexity index is 776. The van der Waals surface area contributed by atoms with Crippen molar-refractivity contribution < 1.29 is 4.42 Å². The molecule has 0 aliphatic carbocycles. The maximum atomic E-state index is 5.90. The number of H-pyrrole nitrogens is 1. The van der Waals surface area contributed by atoms with Crippen molar-refractivity contribution in [1.29, 1.82) is 0 Å². The summed E-state index contributed by atoms with van der Waals surface area (Å²) in [7, 11) is 0. The lowest BCUT2D eigenvalue weighted by molar-refractivity contribution is 0.188. The average molecular weight is 344 g/mol. The molecule has 1 aromatic carbocycles. The van der Waals surface area contributed by atoms with Gasteiger partial charge in [-0.3, -0.25) is 10.00 Å². The van der Waals surface area contributed by atoms with Crippen LogP contribution >= 0.6 is 11.6 Å². The minimum Gasteiger partial charge on any atom is -0.419 e. The first-order chi connectivity index (χ1) is 11.8. The second-order valence-corrected chi connectivity index (χ2v) is 6.53. The van der Waals surface area contributed by atoms with Crippen LogP contribution in [0.15, 0.2) is 41.1 Å². The minimum absolute atomic E-state index is 0.537. The maximum absolute atomic E-state index is 5.90. The summed E-state index contributed by atoms with van der Waals surface area (Å²) in [5, 5.41) is 15.9. The van der Waals surface area contributed by atoms with Gasteiger partial charge in [0, 0.05) is 16.8 Å². The maximum Gasteiger partial charge on any atom is 0.247 e. The van der Waals surface area contributed by atoms with Gasteiger partial charge in [0.1, 0.15) is 0 Å².